The van der Waals surface area contributed by atoms with E-state index in [-0.39, 0.29) is 18.9 Å². The van der Waals surface area contributed by atoms with Crippen LogP contribution >= 0.6 is 15.9 Å². The summed E-state index contributed by atoms with van der Waals surface area (Å²) in [6.07, 6.45) is 0.316. The van der Waals surface area contributed by atoms with E-state index in [1.165, 1.54) is 12.1 Å². The summed E-state index contributed by atoms with van der Waals surface area (Å²) in [6.45, 7) is 1.79. The highest BCUT2D eigenvalue weighted by Gasteiger charge is 2.19. The van der Waals surface area contributed by atoms with Gasteiger partial charge in [0, 0.05) is 17.4 Å². The molecule has 0 saturated heterocycles. The third kappa shape index (κ3) is 5.18. The molecule has 20 heavy (non-hydrogen) atoms. The molecule has 1 atom stereocenters. The summed E-state index contributed by atoms with van der Waals surface area (Å²) in [5, 5.41) is 8.54. The van der Waals surface area contributed by atoms with Gasteiger partial charge in [-0.1, -0.05) is 22.9 Å². The summed E-state index contributed by atoms with van der Waals surface area (Å²) >= 11 is 3.05. The fourth-order valence-electron chi connectivity index (χ4n) is 1.49. The number of benzene rings is 1. The Hall–Kier alpha value is -0.990. The molecular formula is C12H15BrFNO4S. The van der Waals surface area contributed by atoms with Gasteiger partial charge in [-0.3, -0.25) is 4.79 Å². The van der Waals surface area contributed by atoms with Gasteiger partial charge in [0.15, 0.2) is 0 Å². The number of hydrogen-bond donors (Lipinski definition) is 2. The third-order valence-electron chi connectivity index (χ3n) is 2.66. The molecule has 0 radical (unpaired) electrons. The number of nitrogens with one attached hydrogen (secondary N) is 1. The molecule has 0 amide bonds. The standard InChI is InChI=1S/C12H15BrFNO4S/c1-8(2-5-12(16)17)7-15-20(18,19)11-4-3-9(13)6-10(11)14/h3-4,6,8,15H,2,5,7H2,1H3,(H,16,17). The molecule has 1 unspecified atom stereocenters. The lowest BCUT2D eigenvalue weighted by Gasteiger charge is -2.12. The molecule has 0 spiro atoms. The van der Waals surface area contributed by atoms with Crippen LogP contribution in [-0.2, 0) is 14.8 Å². The van der Waals surface area contributed by atoms with Crippen LogP contribution in [0, 0.1) is 11.7 Å². The van der Waals surface area contributed by atoms with Gasteiger partial charge in [-0.25, -0.2) is 17.5 Å². The Morgan fingerprint density at radius 3 is 2.70 bits per heavy atom. The largest absolute Gasteiger partial charge is 0.481 e. The van der Waals surface area contributed by atoms with Crippen molar-refractivity contribution in [3.05, 3.63) is 28.5 Å². The average molecular weight is 368 g/mol. The number of halogens is 2. The van der Waals surface area contributed by atoms with Crippen molar-refractivity contribution in [2.75, 3.05) is 6.54 Å². The Balaban J connectivity index is 2.68. The minimum Gasteiger partial charge on any atom is -0.481 e. The third-order valence-corrected chi connectivity index (χ3v) is 4.61. The second kappa shape index (κ2) is 7.14. The van der Waals surface area contributed by atoms with Crippen LogP contribution in [-0.4, -0.2) is 26.0 Å². The van der Waals surface area contributed by atoms with Gasteiger partial charge in [0.25, 0.3) is 0 Å². The first-order valence-electron chi connectivity index (χ1n) is 5.89. The monoisotopic (exact) mass is 367 g/mol. The molecule has 2 N–H and O–H groups in total. The number of rotatable bonds is 7. The van der Waals surface area contributed by atoms with Crippen LogP contribution in [0.2, 0.25) is 0 Å². The smallest absolute Gasteiger partial charge is 0.303 e. The Kier molecular flexibility index (Phi) is 6.09. The van der Waals surface area contributed by atoms with Gasteiger partial charge in [0.1, 0.15) is 10.7 Å². The lowest BCUT2D eigenvalue weighted by molar-refractivity contribution is -0.137. The highest BCUT2D eigenvalue weighted by Crippen LogP contribution is 2.19. The molecular weight excluding hydrogens is 353 g/mol. The van der Waals surface area contributed by atoms with Crippen molar-refractivity contribution in [1.29, 1.82) is 0 Å². The Morgan fingerprint density at radius 1 is 1.50 bits per heavy atom. The maximum atomic E-state index is 13.6. The first-order valence-corrected chi connectivity index (χ1v) is 8.16. The first-order chi connectivity index (χ1) is 9.22. The average Bonchev–Trinajstić information content (AvgIpc) is 2.33. The van der Waals surface area contributed by atoms with Crippen molar-refractivity contribution < 1.29 is 22.7 Å². The molecule has 0 aliphatic rings. The van der Waals surface area contributed by atoms with Crippen LogP contribution in [0.5, 0.6) is 0 Å². The summed E-state index contributed by atoms with van der Waals surface area (Å²) in [6, 6.07) is 3.68. The molecule has 0 saturated carbocycles. The van der Waals surface area contributed by atoms with Crippen molar-refractivity contribution in [3.8, 4) is 0 Å². The molecule has 1 aromatic carbocycles. The number of sulfonamides is 1. The lowest BCUT2D eigenvalue weighted by atomic mass is 10.1. The zero-order valence-corrected chi connectivity index (χ0v) is 13.2. The van der Waals surface area contributed by atoms with Crippen molar-refractivity contribution in [1.82, 2.24) is 4.72 Å². The SMILES string of the molecule is CC(CCC(=O)O)CNS(=O)(=O)c1ccc(Br)cc1F. The summed E-state index contributed by atoms with van der Waals surface area (Å²) in [5.74, 6) is -1.93. The van der Waals surface area contributed by atoms with Gasteiger partial charge < -0.3 is 5.11 Å². The van der Waals surface area contributed by atoms with Crippen LogP contribution in [0.4, 0.5) is 4.39 Å². The molecule has 0 aromatic heterocycles. The Labute approximate surface area is 125 Å². The Morgan fingerprint density at radius 2 is 2.15 bits per heavy atom. The van der Waals surface area contributed by atoms with Crippen LogP contribution in [0.25, 0.3) is 0 Å². The zero-order chi connectivity index (χ0) is 15.3. The fourth-order valence-corrected chi connectivity index (χ4v) is 3.05. The highest BCUT2D eigenvalue weighted by atomic mass is 79.9. The molecule has 0 aliphatic heterocycles. The van der Waals surface area contributed by atoms with E-state index in [2.05, 4.69) is 20.7 Å². The summed E-state index contributed by atoms with van der Waals surface area (Å²) in [5.41, 5.74) is 0. The zero-order valence-electron chi connectivity index (χ0n) is 10.8. The summed E-state index contributed by atoms with van der Waals surface area (Å²) < 4.78 is 40.2. The van der Waals surface area contributed by atoms with Crippen LogP contribution < -0.4 is 4.72 Å². The van der Waals surface area contributed by atoms with Gasteiger partial charge >= 0.3 is 5.97 Å². The number of hydrogen-bond acceptors (Lipinski definition) is 3. The minimum atomic E-state index is -3.93. The van der Waals surface area contributed by atoms with Crippen molar-refractivity contribution in [3.63, 3.8) is 0 Å². The van der Waals surface area contributed by atoms with Gasteiger partial charge in [-0.15, -0.1) is 0 Å². The van der Waals surface area contributed by atoms with E-state index >= 15 is 0 Å². The number of carboxylic acids is 1. The molecule has 5 nitrogen and oxygen atoms in total. The molecule has 0 fully saturated rings. The van der Waals surface area contributed by atoms with Crippen molar-refractivity contribution in [2.24, 2.45) is 5.92 Å². The molecule has 0 heterocycles. The van der Waals surface area contributed by atoms with Crippen LogP contribution in [0.1, 0.15) is 19.8 Å². The first kappa shape index (κ1) is 17.1. The van der Waals surface area contributed by atoms with E-state index in [1.807, 2.05) is 0 Å². The molecule has 112 valence electrons. The van der Waals surface area contributed by atoms with E-state index in [4.69, 9.17) is 5.11 Å². The maximum absolute atomic E-state index is 13.6. The number of aliphatic carboxylic acids is 1. The number of carboxylic acid groups (broad SMARTS) is 1. The van der Waals surface area contributed by atoms with Gasteiger partial charge in [-0.2, -0.15) is 0 Å². The molecule has 1 aromatic rings. The second-order valence-electron chi connectivity index (χ2n) is 4.46. The predicted molar refractivity (Wildman–Crippen MR) is 75.3 cm³/mol. The predicted octanol–water partition coefficient (Wildman–Crippen LogP) is 2.37. The highest BCUT2D eigenvalue weighted by molar-refractivity contribution is 9.10. The topological polar surface area (TPSA) is 83.5 Å². The number of carbonyl (C=O) groups is 1. The van der Waals surface area contributed by atoms with E-state index in [0.29, 0.717) is 10.9 Å². The molecule has 8 heteroatoms. The molecule has 1 rings (SSSR count). The maximum Gasteiger partial charge on any atom is 0.303 e. The Bertz CT molecular complexity index is 591. The normalized spacial score (nSPS) is 13.2. The van der Waals surface area contributed by atoms with Gasteiger partial charge in [0.05, 0.1) is 0 Å². The van der Waals surface area contributed by atoms with Gasteiger partial charge in [-0.05, 0) is 30.5 Å². The van der Waals surface area contributed by atoms with E-state index in [9.17, 15) is 17.6 Å². The van der Waals surface area contributed by atoms with Crippen molar-refractivity contribution >= 4 is 31.9 Å². The van der Waals surface area contributed by atoms with E-state index in [0.717, 1.165) is 6.07 Å². The lowest BCUT2D eigenvalue weighted by Crippen LogP contribution is -2.29. The minimum absolute atomic E-state index is 0.0322. The summed E-state index contributed by atoms with van der Waals surface area (Å²) in [4.78, 5) is 9.99. The van der Waals surface area contributed by atoms with Crippen molar-refractivity contribution in [2.45, 2.75) is 24.7 Å². The fraction of sp³-hybridized carbons (Fsp3) is 0.417. The quantitative estimate of drug-likeness (QED) is 0.774. The second-order valence-corrected chi connectivity index (χ2v) is 7.12. The van der Waals surface area contributed by atoms with Crippen LogP contribution in [0.3, 0.4) is 0 Å². The molecule has 0 bridgehead atoms. The van der Waals surface area contributed by atoms with E-state index < -0.39 is 26.7 Å². The molecule has 0 aliphatic carbocycles. The summed E-state index contributed by atoms with van der Waals surface area (Å²) in [7, 11) is -3.93. The van der Waals surface area contributed by atoms with E-state index in [1.54, 1.807) is 6.92 Å². The van der Waals surface area contributed by atoms with Gasteiger partial charge in [0.2, 0.25) is 10.0 Å². The van der Waals surface area contributed by atoms with Crippen LogP contribution in [0.15, 0.2) is 27.6 Å².